The summed E-state index contributed by atoms with van der Waals surface area (Å²) in [7, 11) is 1.78. The Morgan fingerprint density at radius 3 is 2.54 bits per heavy atom. The third-order valence-electron chi connectivity index (χ3n) is 4.77. The highest BCUT2D eigenvalue weighted by Gasteiger charge is 2.17. The Balaban J connectivity index is 1.49. The Labute approximate surface area is 168 Å². The molecule has 0 unspecified atom stereocenters. The topological polar surface area (TPSA) is 56.6 Å². The molecule has 1 amide bonds. The largest absolute Gasteiger partial charge is 0.454 e. The Morgan fingerprint density at radius 1 is 1.14 bits per heavy atom. The lowest BCUT2D eigenvalue weighted by atomic mass is 10.1. The molecule has 0 N–H and O–H groups in total. The van der Waals surface area contributed by atoms with Gasteiger partial charge in [0.15, 0.2) is 11.5 Å². The van der Waals surface area contributed by atoms with Gasteiger partial charge in [-0.05, 0) is 55.8 Å². The summed E-state index contributed by atoms with van der Waals surface area (Å²) in [6.45, 7) is 4.50. The quantitative estimate of drug-likeness (QED) is 0.663. The zero-order chi connectivity index (χ0) is 19.8. The molecular weight excluding hydrogens is 378 g/mol. The molecule has 7 heteroatoms. The van der Waals surface area contributed by atoms with Crippen LogP contribution in [0.3, 0.4) is 0 Å². The number of benzene rings is 2. The van der Waals surface area contributed by atoms with Crippen molar-refractivity contribution in [2.24, 2.45) is 0 Å². The normalized spacial score (nSPS) is 12.3. The molecular formula is C21H20ClN3O3. The van der Waals surface area contributed by atoms with Gasteiger partial charge in [-0.25, -0.2) is 4.68 Å². The van der Waals surface area contributed by atoms with E-state index in [-0.39, 0.29) is 12.7 Å². The van der Waals surface area contributed by atoms with E-state index in [0.29, 0.717) is 22.9 Å². The first-order valence-electron chi connectivity index (χ1n) is 8.90. The van der Waals surface area contributed by atoms with Crippen molar-refractivity contribution in [3.8, 4) is 17.2 Å². The van der Waals surface area contributed by atoms with Gasteiger partial charge in [0.05, 0.1) is 22.1 Å². The van der Waals surface area contributed by atoms with Crippen molar-refractivity contribution in [2.45, 2.75) is 20.4 Å². The molecule has 1 aliphatic rings. The highest BCUT2D eigenvalue weighted by atomic mass is 35.5. The number of carbonyl (C=O) groups is 1. The van der Waals surface area contributed by atoms with Crippen molar-refractivity contribution >= 4 is 17.5 Å². The number of hydrogen-bond donors (Lipinski definition) is 0. The molecule has 0 atom stereocenters. The molecule has 0 saturated carbocycles. The van der Waals surface area contributed by atoms with Crippen LogP contribution < -0.4 is 9.47 Å². The van der Waals surface area contributed by atoms with Gasteiger partial charge in [-0.2, -0.15) is 5.10 Å². The number of carbonyl (C=O) groups excluding carboxylic acids is 1. The van der Waals surface area contributed by atoms with E-state index in [0.717, 1.165) is 28.4 Å². The fourth-order valence-electron chi connectivity index (χ4n) is 3.23. The van der Waals surface area contributed by atoms with E-state index in [9.17, 15) is 4.79 Å². The van der Waals surface area contributed by atoms with Gasteiger partial charge in [-0.1, -0.05) is 17.7 Å². The van der Waals surface area contributed by atoms with Gasteiger partial charge in [-0.15, -0.1) is 0 Å². The fraction of sp³-hybridized carbons (Fsp3) is 0.238. The molecule has 0 bridgehead atoms. The van der Waals surface area contributed by atoms with Gasteiger partial charge < -0.3 is 14.4 Å². The molecule has 0 aliphatic carbocycles. The molecule has 4 rings (SSSR count). The molecule has 6 nitrogen and oxygen atoms in total. The summed E-state index contributed by atoms with van der Waals surface area (Å²) in [5.74, 6) is 1.39. The van der Waals surface area contributed by atoms with Crippen LogP contribution in [0.25, 0.3) is 5.69 Å². The zero-order valence-corrected chi connectivity index (χ0v) is 16.7. The number of rotatable bonds is 4. The smallest absolute Gasteiger partial charge is 0.253 e. The molecule has 1 aliphatic heterocycles. The van der Waals surface area contributed by atoms with Crippen LogP contribution in [0.4, 0.5) is 0 Å². The van der Waals surface area contributed by atoms with Crippen molar-refractivity contribution in [1.29, 1.82) is 0 Å². The van der Waals surface area contributed by atoms with E-state index in [4.69, 9.17) is 21.1 Å². The van der Waals surface area contributed by atoms with Crippen LogP contribution in [0, 0.1) is 13.8 Å². The maximum absolute atomic E-state index is 12.8. The van der Waals surface area contributed by atoms with Gasteiger partial charge in [0, 0.05) is 19.2 Å². The molecule has 3 aromatic rings. The van der Waals surface area contributed by atoms with Crippen LogP contribution in [0.15, 0.2) is 42.5 Å². The van der Waals surface area contributed by atoms with Crippen molar-refractivity contribution in [1.82, 2.24) is 14.7 Å². The van der Waals surface area contributed by atoms with Crippen molar-refractivity contribution in [3.63, 3.8) is 0 Å². The van der Waals surface area contributed by atoms with Gasteiger partial charge in [-0.3, -0.25) is 4.79 Å². The molecule has 0 fully saturated rings. The summed E-state index contributed by atoms with van der Waals surface area (Å²) in [4.78, 5) is 14.5. The number of aromatic nitrogens is 2. The van der Waals surface area contributed by atoms with Crippen molar-refractivity contribution < 1.29 is 14.3 Å². The Kier molecular flexibility index (Phi) is 4.73. The number of amides is 1. The summed E-state index contributed by atoms with van der Waals surface area (Å²) < 4.78 is 12.5. The van der Waals surface area contributed by atoms with Gasteiger partial charge >= 0.3 is 0 Å². The first-order valence-corrected chi connectivity index (χ1v) is 9.28. The first kappa shape index (κ1) is 18.4. The van der Waals surface area contributed by atoms with Crippen LogP contribution in [0.5, 0.6) is 11.5 Å². The average Bonchev–Trinajstić information content (AvgIpc) is 3.27. The average molecular weight is 398 g/mol. The number of ether oxygens (including phenoxy) is 2. The number of fused-ring (bicyclic) bond motifs is 1. The summed E-state index contributed by atoms with van der Waals surface area (Å²) in [5, 5.41) is 5.10. The van der Waals surface area contributed by atoms with E-state index in [2.05, 4.69) is 5.10 Å². The zero-order valence-electron chi connectivity index (χ0n) is 15.9. The number of nitrogens with zero attached hydrogens (tertiary/aromatic N) is 3. The maximum atomic E-state index is 12.8. The Bertz CT molecular complexity index is 1040. The minimum absolute atomic E-state index is 0.0596. The second kappa shape index (κ2) is 7.20. The molecule has 0 spiro atoms. The molecule has 1 aromatic heterocycles. The van der Waals surface area contributed by atoms with Crippen LogP contribution in [0.1, 0.15) is 27.3 Å². The summed E-state index contributed by atoms with van der Waals surface area (Å²) in [6, 6.07) is 13.1. The monoisotopic (exact) mass is 397 g/mol. The number of aryl methyl sites for hydroxylation is 1. The highest BCUT2D eigenvalue weighted by molar-refractivity contribution is 6.31. The molecule has 144 valence electrons. The molecule has 0 radical (unpaired) electrons. The third kappa shape index (κ3) is 3.31. The predicted octanol–water partition coefficient (Wildman–Crippen LogP) is 4.14. The van der Waals surface area contributed by atoms with E-state index < -0.39 is 0 Å². The van der Waals surface area contributed by atoms with Gasteiger partial charge in [0.25, 0.3) is 5.91 Å². The van der Waals surface area contributed by atoms with Crippen molar-refractivity contribution in [3.05, 3.63) is 70.0 Å². The Hall–Kier alpha value is -2.99. The molecule has 28 heavy (non-hydrogen) atoms. The second-order valence-electron chi connectivity index (χ2n) is 6.79. The van der Waals surface area contributed by atoms with E-state index in [1.807, 2.05) is 44.2 Å². The summed E-state index contributed by atoms with van der Waals surface area (Å²) in [6.07, 6.45) is 0. The summed E-state index contributed by atoms with van der Waals surface area (Å²) in [5.41, 5.74) is 4.11. The minimum atomic E-state index is -0.0596. The van der Waals surface area contributed by atoms with Crippen LogP contribution in [-0.2, 0) is 6.54 Å². The molecule has 2 heterocycles. The first-order chi connectivity index (χ1) is 13.4. The molecule has 2 aromatic carbocycles. The van der Waals surface area contributed by atoms with E-state index in [1.54, 1.807) is 28.8 Å². The van der Waals surface area contributed by atoms with E-state index in [1.165, 1.54) is 0 Å². The standard InChI is InChI=1S/C21H20ClN3O3/c1-13-20(22)14(2)25(23-13)17-7-5-16(6-8-17)21(26)24(3)11-15-4-9-18-19(10-15)28-12-27-18/h4-10H,11-12H2,1-3H3. The van der Waals surface area contributed by atoms with Crippen molar-refractivity contribution in [2.75, 3.05) is 13.8 Å². The third-order valence-corrected chi connectivity index (χ3v) is 5.31. The number of halogens is 1. The van der Waals surface area contributed by atoms with Gasteiger partial charge in [0.1, 0.15) is 0 Å². The fourth-order valence-corrected chi connectivity index (χ4v) is 3.34. The lowest BCUT2D eigenvalue weighted by Gasteiger charge is -2.18. The lowest BCUT2D eigenvalue weighted by molar-refractivity contribution is 0.0785. The SMILES string of the molecule is Cc1nn(-c2ccc(C(=O)N(C)Cc3ccc4c(c3)OCO4)cc2)c(C)c1Cl. The van der Waals surface area contributed by atoms with Crippen LogP contribution >= 0.6 is 11.6 Å². The maximum Gasteiger partial charge on any atom is 0.253 e. The number of hydrogen-bond acceptors (Lipinski definition) is 4. The van der Waals surface area contributed by atoms with E-state index >= 15 is 0 Å². The van der Waals surface area contributed by atoms with Gasteiger partial charge in [0.2, 0.25) is 6.79 Å². The Morgan fingerprint density at radius 2 is 1.86 bits per heavy atom. The lowest BCUT2D eigenvalue weighted by Crippen LogP contribution is -2.26. The minimum Gasteiger partial charge on any atom is -0.454 e. The second-order valence-corrected chi connectivity index (χ2v) is 7.17. The highest BCUT2D eigenvalue weighted by Crippen LogP contribution is 2.32. The summed E-state index contributed by atoms with van der Waals surface area (Å²) >= 11 is 6.22. The molecule has 0 saturated heterocycles. The predicted molar refractivity (Wildman–Crippen MR) is 106 cm³/mol. The van der Waals surface area contributed by atoms with Crippen LogP contribution in [-0.4, -0.2) is 34.4 Å². The van der Waals surface area contributed by atoms with Crippen LogP contribution in [0.2, 0.25) is 5.02 Å².